The van der Waals surface area contributed by atoms with E-state index in [2.05, 4.69) is 4.85 Å². The van der Waals surface area contributed by atoms with Gasteiger partial charge in [0.25, 0.3) is 9.84 Å². The van der Waals surface area contributed by atoms with Crippen molar-refractivity contribution in [3.8, 4) is 11.5 Å². The van der Waals surface area contributed by atoms with Crippen LogP contribution in [-0.4, -0.2) is 22.6 Å². The Kier molecular flexibility index (Phi) is 4.68. The highest BCUT2D eigenvalue weighted by Crippen LogP contribution is 2.35. The molecule has 2 aromatic rings. The van der Waals surface area contributed by atoms with Gasteiger partial charge < -0.3 is 9.47 Å². The summed E-state index contributed by atoms with van der Waals surface area (Å²) in [7, 11) is -0.850. The summed E-state index contributed by atoms with van der Waals surface area (Å²) in [6, 6.07) is 12.6. The molecule has 2 rings (SSSR count). The third kappa shape index (κ3) is 2.90. The molecule has 0 fully saturated rings. The Labute approximate surface area is 129 Å². The van der Waals surface area contributed by atoms with Crippen LogP contribution in [-0.2, 0) is 9.84 Å². The molecule has 0 aliphatic heterocycles. The van der Waals surface area contributed by atoms with E-state index in [1.165, 1.54) is 32.4 Å². The summed E-state index contributed by atoms with van der Waals surface area (Å²) >= 11 is 0. The molecular weight excluding hydrogens is 302 g/mol. The van der Waals surface area contributed by atoms with Crippen molar-refractivity contribution in [2.45, 2.75) is 10.3 Å². The van der Waals surface area contributed by atoms with Crippen LogP contribution in [0.1, 0.15) is 10.9 Å². The Bertz CT molecular complexity index is 795. The Morgan fingerprint density at radius 1 is 1.00 bits per heavy atom. The molecule has 2 aromatic carbocycles. The SMILES string of the molecule is [C-]#[N+]C(c1ccc(OC)c(OC)c1)S(=O)(=O)c1ccccc1. The second-order valence-electron chi connectivity index (χ2n) is 4.45. The highest BCUT2D eigenvalue weighted by atomic mass is 32.2. The van der Waals surface area contributed by atoms with Crippen LogP contribution in [0.15, 0.2) is 53.4 Å². The lowest BCUT2D eigenvalue weighted by Crippen LogP contribution is -2.11. The van der Waals surface area contributed by atoms with E-state index in [4.69, 9.17) is 16.0 Å². The zero-order valence-corrected chi connectivity index (χ0v) is 13.0. The van der Waals surface area contributed by atoms with Crippen molar-refractivity contribution < 1.29 is 17.9 Å². The Balaban J connectivity index is 2.52. The summed E-state index contributed by atoms with van der Waals surface area (Å²) in [5, 5.41) is -1.32. The van der Waals surface area contributed by atoms with E-state index in [0.717, 1.165) is 0 Å². The molecule has 1 unspecified atom stereocenters. The predicted molar refractivity (Wildman–Crippen MR) is 82.5 cm³/mol. The van der Waals surface area contributed by atoms with Gasteiger partial charge in [0.2, 0.25) is 0 Å². The molecule has 0 N–H and O–H groups in total. The van der Waals surface area contributed by atoms with Gasteiger partial charge in [-0.1, -0.05) is 18.2 Å². The van der Waals surface area contributed by atoms with Gasteiger partial charge in [-0.2, -0.15) is 0 Å². The minimum Gasteiger partial charge on any atom is -0.493 e. The maximum absolute atomic E-state index is 12.6. The largest absolute Gasteiger partial charge is 0.493 e. The first kappa shape index (κ1) is 15.9. The van der Waals surface area contributed by atoms with Crippen LogP contribution in [0.4, 0.5) is 0 Å². The van der Waals surface area contributed by atoms with Crippen molar-refractivity contribution in [2.75, 3.05) is 14.2 Å². The molecule has 0 spiro atoms. The number of sulfone groups is 1. The molecule has 0 aromatic heterocycles. The topological polar surface area (TPSA) is 57.0 Å². The van der Waals surface area contributed by atoms with Gasteiger partial charge in [0, 0.05) is 0 Å². The minimum atomic E-state index is -3.80. The molecule has 0 aliphatic carbocycles. The number of hydrogen-bond donors (Lipinski definition) is 0. The number of benzene rings is 2. The Morgan fingerprint density at radius 2 is 1.64 bits per heavy atom. The number of methoxy groups -OCH3 is 2. The molecule has 22 heavy (non-hydrogen) atoms. The van der Waals surface area contributed by atoms with E-state index < -0.39 is 15.2 Å². The zero-order valence-electron chi connectivity index (χ0n) is 12.2. The van der Waals surface area contributed by atoms with E-state index >= 15 is 0 Å². The van der Waals surface area contributed by atoms with Crippen LogP contribution in [0.25, 0.3) is 4.85 Å². The monoisotopic (exact) mass is 317 g/mol. The molecule has 6 heteroatoms. The first-order valence-corrected chi connectivity index (χ1v) is 7.96. The molecule has 0 saturated heterocycles. The van der Waals surface area contributed by atoms with Crippen molar-refractivity contribution in [3.63, 3.8) is 0 Å². The first-order valence-electron chi connectivity index (χ1n) is 6.42. The van der Waals surface area contributed by atoms with E-state index in [1.54, 1.807) is 30.3 Å². The van der Waals surface area contributed by atoms with E-state index in [-0.39, 0.29) is 4.90 Å². The number of rotatable bonds is 5. The molecule has 0 aliphatic rings. The van der Waals surface area contributed by atoms with Crippen molar-refractivity contribution in [3.05, 3.63) is 65.5 Å². The average molecular weight is 317 g/mol. The summed E-state index contributed by atoms with van der Waals surface area (Å²) in [4.78, 5) is 3.42. The summed E-state index contributed by atoms with van der Waals surface area (Å²) < 4.78 is 35.6. The molecule has 0 bridgehead atoms. The Hall–Kier alpha value is -2.52. The third-order valence-electron chi connectivity index (χ3n) is 3.18. The van der Waals surface area contributed by atoms with Crippen LogP contribution in [0.3, 0.4) is 0 Å². The fraction of sp³-hybridized carbons (Fsp3) is 0.188. The molecule has 114 valence electrons. The van der Waals surface area contributed by atoms with E-state index in [1.807, 2.05) is 0 Å². The highest BCUT2D eigenvalue weighted by Gasteiger charge is 2.35. The standard InChI is InChI=1S/C16H15NO4S/c1-17-16(22(18,19)13-7-5-4-6-8-13)12-9-10-14(20-2)15(11-12)21-3/h4-11,16H,2-3H3. The zero-order chi connectivity index (χ0) is 16.2. The van der Waals surface area contributed by atoms with Gasteiger partial charge in [-0.3, -0.25) is 4.85 Å². The normalized spacial score (nSPS) is 12.2. The second-order valence-corrected chi connectivity index (χ2v) is 6.46. The van der Waals surface area contributed by atoms with Crippen LogP contribution in [0.5, 0.6) is 11.5 Å². The fourth-order valence-corrected chi connectivity index (χ4v) is 3.51. The summed E-state index contributed by atoms with van der Waals surface area (Å²) in [5.74, 6) is 0.865. The number of nitrogens with zero attached hydrogens (tertiary/aromatic N) is 1. The smallest absolute Gasteiger partial charge is 0.350 e. The van der Waals surface area contributed by atoms with Gasteiger partial charge in [0.15, 0.2) is 11.5 Å². The lowest BCUT2D eigenvalue weighted by Gasteiger charge is -2.11. The quantitative estimate of drug-likeness (QED) is 0.795. The van der Waals surface area contributed by atoms with E-state index in [0.29, 0.717) is 17.1 Å². The van der Waals surface area contributed by atoms with Gasteiger partial charge in [0.1, 0.15) is 0 Å². The van der Waals surface area contributed by atoms with Crippen molar-refractivity contribution in [1.82, 2.24) is 0 Å². The van der Waals surface area contributed by atoms with Crippen LogP contribution < -0.4 is 9.47 Å². The predicted octanol–water partition coefficient (Wildman–Crippen LogP) is 3.10. The maximum Gasteiger partial charge on any atom is 0.350 e. The molecule has 5 nitrogen and oxygen atoms in total. The summed E-state index contributed by atoms with van der Waals surface area (Å²) in [5.41, 5.74) is 0.344. The maximum atomic E-state index is 12.6. The van der Waals surface area contributed by atoms with Crippen LogP contribution in [0, 0.1) is 6.57 Å². The first-order chi connectivity index (χ1) is 10.5. The number of ether oxygens (including phenoxy) is 2. The van der Waals surface area contributed by atoms with Gasteiger partial charge >= 0.3 is 5.37 Å². The average Bonchev–Trinajstić information content (AvgIpc) is 2.56. The summed E-state index contributed by atoms with van der Waals surface area (Å²) in [6.45, 7) is 7.30. The van der Waals surface area contributed by atoms with Crippen molar-refractivity contribution in [1.29, 1.82) is 0 Å². The molecular formula is C16H15NO4S. The van der Waals surface area contributed by atoms with Gasteiger partial charge in [-0.05, 0) is 30.3 Å². The van der Waals surface area contributed by atoms with Gasteiger partial charge in [0.05, 0.1) is 24.7 Å². The molecule has 1 atom stereocenters. The third-order valence-corrected chi connectivity index (χ3v) is 5.07. The lowest BCUT2D eigenvalue weighted by molar-refractivity contribution is 0.354. The molecule has 0 heterocycles. The molecule has 0 radical (unpaired) electrons. The molecule has 0 saturated carbocycles. The molecule has 0 amide bonds. The van der Waals surface area contributed by atoms with Crippen LogP contribution >= 0.6 is 0 Å². The second kappa shape index (κ2) is 6.50. The van der Waals surface area contributed by atoms with Crippen molar-refractivity contribution in [2.24, 2.45) is 0 Å². The fourth-order valence-electron chi connectivity index (χ4n) is 2.07. The van der Waals surface area contributed by atoms with Gasteiger partial charge in [-0.15, -0.1) is 0 Å². The lowest BCUT2D eigenvalue weighted by atomic mass is 10.2. The minimum absolute atomic E-state index is 0.116. The van der Waals surface area contributed by atoms with E-state index in [9.17, 15) is 8.42 Å². The number of hydrogen-bond acceptors (Lipinski definition) is 4. The highest BCUT2D eigenvalue weighted by molar-refractivity contribution is 7.91. The van der Waals surface area contributed by atoms with Crippen LogP contribution in [0.2, 0.25) is 0 Å². The van der Waals surface area contributed by atoms with Crippen molar-refractivity contribution >= 4 is 9.84 Å². The van der Waals surface area contributed by atoms with Gasteiger partial charge in [-0.25, -0.2) is 15.0 Å². The Morgan fingerprint density at radius 3 is 2.18 bits per heavy atom. The summed E-state index contributed by atoms with van der Waals surface area (Å²) in [6.07, 6.45) is 0.